The van der Waals surface area contributed by atoms with E-state index in [0.717, 1.165) is 22.6 Å². The van der Waals surface area contributed by atoms with E-state index >= 15 is 0 Å². The molecule has 6 heteroatoms. The molecule has 0 fully saturated rings. The summed E-state index contributed by atoms with van der Waals surface area (Å²) in [5.41, 5.74) is 8.77. The first-order valence-electron chi connectivity index (χ1n) is 7.46. The molecule has 0 spiro atoms. The highest BCUT2D eigenvalue weighted by molar-refractivity contribution is 5.59. The van der Waals surface area contributed by atoms with Gasteiger partial charge in [-0.25, -0.2) is 0 Å². The van der Waals surface area contributed by atoms with Crippen LogP contribution in [-0.2, 0) is 0 Å². The lowest BCUT2D eigenvalue weighted by Crippen LogP contribution is -2.20. The number of aromatic nitrogens is 2. The summed E-state index contributed by atoms with van der Waals surface area (Å²) in [5, 5.41) is 16.5. The number of aryl methyl sites for hydroxylation is 1. The van der Waals surface area contributed by atoms with Crippen molar-refractivity contribution in [2.24, 2.45) is 5.73 Å². The Morgan fingerprint density at radius 1 is 1.21 bits per heavy atom. The van der Waals surface area contributed by atoms with Gasteiger partial charge in [-0.3, -0.25) is 5.10 Å². The van der Waals surface area contributed by atoms with Gasteiger partial charge in [0.25, 0.3) is 0 Å². The van der Waals surface area contributed by atoms with Crippen molar-refractivity contribution >= 4 is 0 Å². The maximum absolute atomic E-state index is 9.53. The predicted octanol–water partition coefficient (Wildman–Crippen LogP) is 3.20. The van der Waals surface area contributed by atoms with E-state index in [1.54, 1.807) is 0 Å². The molecule has 2 aromatic heterocycles. The third-order valence-electron chi connectivity index (χ3n) is 4.10. The number of ether oxygens (including phenoxy) is 1. The molecule has 0 saturated carbocycles. The molecule has 0 unspecified atom stereocenters. The second-order valence-electron chi connectivity index (χ2n) is 5.56. The summed E-state index contributed by atoms with van der Waals surface area (Å²) >= 11 is 0. The van der Waals surface area contributed by atoms with Crippen LogP contribution in [0.25, 0.3) is 11.3 Å². The Morgan fingerprint density at radius 3 is 2.75 bits per heavy atom. The highest BCUT2D eigenvalue weighted by atomic mass is 16.5. The van der Waals surface area contributed by atoms with E-state index in [2.05, 4.69) is 16.3 Å². The predicted molar refractivity (Wildman–Crippen MR) is 86.8 cm³/mol. The number of hydrogen-bond donors (Lipinski definition) is 2. The second-order valence-corrected chi connectivity index (χ2v) is 5.56. The zero-order chi connectivity index (χ0) is 16.7. The Bertz CT molecular complexity index is 976. The van der Waals surface area contributed by atoms with Crippen molar-refractivity contribution in [1.82, 2.24) is 10.2 Å². The molecular formula is C18H14N4O2. The monoisotopic (exact) mass is 318 g/mol. The summed E-state index contributed by atoms with van der Waals surface area (Å²) in [4.78, 5) is 0. The van der Waals surface area contributed by atoms with Gasteiger partial charge in [-0.2, -0.15) is 5.26 Å². The molecule has 0 amide bonds. The quantitative estimate of drug-likeness (QED) is 0.755. The van der Waals surface area contributed by atoms with Gasteiger partial charge in [0, 0.05) is 11.3 Å². The van der Waals surface area contributed by atoms with Crippen LogP contribution in [0.15, 0.2) is 58.3 Å². The molecule has 0 radical (unpaired) electrons. The van der Waals surface area contributed by atoms with Gasteiger partial charge >= 0.3 is 0 Å². The van der Waals surface area contributed by atoms with Crippen molar-refractivity contribution in [3.63, 3.8) is 0 Å². The number of nitrogens with two attached hydrogens (primary N) is 1. The Balaban J connectivity index is 1.85. The summed E-state index contributed by atoms with van der Waals surface area (Å²) in [7, 11) is 0. The third-order valence-corrected chi connectivity index (χ3v) is 4.10. The molecule has 1 aliphatic rings. The molecule has 0 saturated heterocycles. The molecule has 6 nitrogen and oxygen atoms in total. The Morgan fingerprint density at radius 2 is 2.00 bits per heavy atom. The van der Waals surface area contributed by atoms with Gasteiger partial charge in [-0.15, -0.1) is 5.10 Å². The van der Waals surface area contributed by atoms with E-state index in [-0.39, 0.29) is 5.88 Å². The molecule has 3 aromatic rings. The number of furan rings is 1. The van der Waals surface area contributed by atoms with Crippen molar-refractivity contribution in [2.75, 3.05) is 0 Å². The number of rotatable bonds is 2. The van der Waals surface area contributed by atoms with E-state index in [1.165, 1.54) is 0 Å². The van der Waals surface area contributed by atoms with Gasteiger partial charge in [0.05, 0.1) is 11.5 Å². The van der Waals surface area contributed by atoms with Crippen LogP contribution in [0.5, 0.6) is 5.88 Å². The maximum Gasteiger partial charge on any atom is 0.244 e. The lowest BCUT2D eigenvalue weighted by atomic mass is 9.88. The Kier molecular flexibility index (Phi) is 3.14. The summed E-state index contributed by atoms with van der Waals surface area (Å²) < 4.78 is 11.5. The standard InChI is InChI=1S/C18H14N4O2/c1-10-15-16(12(9-19)17(20)24-18(15)22-21-10)14-8-7-13(23-14)11-5-3-2-4-6-11/h2-8,16H,20H2,1H3,(H,21,22)/t16-/m1/s1. The highest BCUT2D eigenvalue weighted by Gasteiger charge is 2.36. The fourth-order valence-electron chi connectivity index (χ4n) is 2.95. The molecule has 4 rings (SSSR count). The molecule has 1 aliphatic heterocycles. The fraction of sp³-hybridized carbons (Fsp3) is 0.111. The average Bonchev–Trinajstić information content (AvgIpc) is 3.22. The topological polar surface area (TPSA) is 101 Å². The molecule has 0 bridgehead atoms. The van der Waals surface area contributed by atoms with E-state index in [4.69, 9.17) is 14.9 Å². The number of nitrogens with one attached hydrogen (secondary N) is 1. The summed E-state index contributed by atoms with van der Waals surface area (Å²) in [6, 6.07) is 15.7. The first-order valence-corrected chi connectivity index (χ1v) is 7.46. The smallest absolute Gasteiger partial charge is 0.244 e. The highest BCUT2D eigenvalue weighted by Crippen LogP contribution is 2.43. The number of allylic oxidation sites excluding steroid dienone is 1. The van der Waals surface area contributed by atoms with E-state index in [0.29, 0.717) is 17.2 Å². The number of nitrogens with zero attached hydrogens (tertiary/aromatic N) is 2. The Labute approximate surface area is 138 Å². The summed E-state index contributed by atoms with van der Waals surface area (Å²) in [6.07, 6.45) is 0. The maximum atomic E-state index is 9.53. The van der Waals surface area contributed by atoms with Gasteiger partial charge < -0.3 is 14.9 Å². The minimum atomic E-state index is -0.435. The SMILES string of the molecule is Cc1[nH]nc2c1[C@@H](c1ccc(-c3ccccc3)o1)C(C#N)=C(N)O2. The van der Waals surface area contributed by atoms with Crippen molar-refractivity contribution < 1.29 is 9.15 Å². The molecule has 3 N–H and O–H groups in total. The van der Waals surface area contributed by atoms with E-state index < -0.39 is 5.92 Å². The largest absolute Gasteiger partial charge is 0.460 e. The molecule has 24 heavy (non-hydrogen) atoms. The molecular weight excluding hydrogens is 304 g/mol. The third kappa shape index (κ3) is 2.07. The first kappa shape index (κ1) is 14.2. The van der Waals surface area contributed by atoms with Crippen LogP contribution in [0.4, 0.5) is 0 Å². The van der Waals surface area contributed by atoms with Gasteiger partial charge in [0.15, 0.2) is 0 Å². The summed E-state index contributed by atoms with van der Waals surface area (Å²) in [5.74, 6) is 1.36. The summed E-state index contributed by atoms with van der Waals surface area (Å²) in [6.45, 7) is 1.87. The number of benzene rings is 1. The lowest BCUT2D eigenvalue weighted by molar-refractivity contribution is 0.371. The Hall–Kier alpha value is -3.46. The van der Waals surface area contributed by atoms with Crippen LogP contribution in [0.2, 0.25) is 0 Å². The van der Waals surface area contributed by atoms with E-state index in [9.17, 15) is 5.26 Å². The lowest BCUT2D eigenvalue weighted by Gasteiger charge is -2.21. The zero-order valence-corrected chi connectivity index (χ0v) is 12.9. The van der Waals surface area contributed by atoms with Gasteiger partial charge in [0.1, 0.15) is 23.2 Å². The number of fused-ring (bicyclic) bond motifs is 1. The minimum Gasteiger partial charge on any atom is -0.460 e. The number of aromatic amines is 1. The normalized spacial score (nSPS) is 16.4. The average molecular weight is 318 g/mol. The molecule has 1 aromatic carbocycles. The van der Waals surface area contributed by atoms with Crippen LogP contribution in [0.1, 0.15) is 22.9 Å². The number of hydrogen-bond acceptors (Lipinski definition) is 5. The molecule has 0 aliphatic carbocycles. The van der Waals surface area contributed by atoms with Crippen molar-refractivity contribution in [3.8, 4) is 23.3 Å². The van der Waals surface area contributed by atoms with Crippen LogP contribution >= 0.6 is 0 Å². The van der Waals surface area contributed by atoms with Crippen LogP contribution < -0.4 is 10.5 Å². The molecule has 3 heterocycles. The fourth-order valence-corrected chi connectivity index (χ4v) is 2.95. The van der Waals surface area contributed by atoms with Crippen molar-refractivity contribution in [3.05, 3.63) is 70.9 Å². The molecule has 1 atom stereocenters. The first-order chi connectivity index (χ1) is 11.7. The van der Waals surface area contributed by atoms with Crippen LogP contribution in [0, 0.1) is 18.3 Å². The van der Waals surface area contributed by atoms with Gasteiger partial charge in [0.2, 0.25) is 11.8 Å². The van der Waals surface area contributed by atoms with Crippen LogP contribution in [-0.4, -0.2) is 10.2 Å². The van der Waals surface area contributed by atoms with Crippen LogP contribution in [0.3, 0.4) is 0 Å². The van der Waals surface area contributed by atoms with Crippen molar-refractivity contribution in [1.29, 1.82) is 5.26 Å². The molecule has 118 valence electrons. The number of H-pyrrole nitrogens is 1. The van der Waals surface area contributed by atoms with Gasteiger partial charge in [-0.05, 0) is 19.1 Å². The zero-order valence-electron chi connectivity index (χ0n) is 12.9. The minimum absolute atomic E-state index is 0.0548. The number of nitriles is 1. The van der Waals surface area contributed by atoms with Gasteiger partial charge in [-0.1, -0.05) is 30.3 Å². The van der Waals surface area contributed by atoms with E-state index in [1.807, 2.05) is 49.4 Å². The second kappa shape index (κ2) is 5.32. The van der Waals surface area contributed by atoms with Crippen molar-refractivity contribution in [2.45, 2.75) is 12.8 Å².